The third-order valence-electron chi connectivity index (χ3n) is 2.37. The van der Waals surface area contributed by atoms with E-state index >= 15 is 0 Å². The fourth-order valence-electron chi connectivity index (χ4n) is 1.49. The van der Waals surface area contributed by atoms with E-state index in [1.165, 1.54) is 12.1 Å². The van der Waals surface area contributed by atoms with Crippen LogP contribution in [0.3, 0.4) is 0 Å². The Morgan fingerprint density at radius 1 is 1.18 bits per heavy atom. The molecule has 2 aromatic rings. The van der Waals surface area contributed by atoms with Crippen molar-refractivity contribution >= 4 is 0 Å². The molecule has 0 bridgehead atoms. The summed E-state index contributed by atoms with van der Waals surface area (Å²) < 4.78 is 12.8. The summed E-state index contributed by atoms with van der Waals surface area (Å²) in [6.07, 6.45) is 1.72. The van der Waals surface area contributed by atoms with E-state index in [1.54, 1.807) is 18.3 Å². The number of halogens is 1. The molecule has 0 atom stereocenters. The second-order valence-electron chi connectivity index (χ2n) is 3.66. The highest BCUT2D eigenvalue weighted by Crippen LogP contribution is 2.14. The second kappa shape index (κ2) is 5.50. The molecule has 1 N–H and O–H groups in total. The Morgan fingerprint density at radius 3 is 2.65 bits per heavy atom. The summed E-state index contributed by atoms with van der Waals surface area (Å²) in [5.74, 6) is 0.373. The molecule has 0 saturated heterocycles. The Hall–Kier alpha value is -1.81. The van der Waals surface area contributed by atoms with Gasteiger partial charge in [0.1, 0.15) is 5.82 Å². The summed E-state index contributed by atoms with van der Waals surface area (Å²) in [6.45, 7) is 3.66. The van der Waals surface area contributed by atoms with Gasteiger partial charge in [-0.15, -0.1) is 0 Å². The number of nitrogens with zero attached hydrogens (tertiary/aromatic N) is 2. The lowest BCUT2D eigenvalue weighted by Gasteiger charge is -2.04. The van der Waals surface area contributed by atoms with Crippen LogP contribution in [-0.2, 0) is 6.54 Å². The highest BCUT2D eigenvalue weighted by Gasteiger charge is 2.02. The molecule has 0 fully saturated rings. The van der Waals surface area contributed by atoms with Crippen molar-refractivity contribution in [3.05, 3.63) is 48.0 Å². The van der Waals surface area contributed by atoms with Crippen LogP contribution in [0, 0.1) is 5.82 Å². The number of benzene rings is 1. The van der Waals surface area contributed by atoms with Crippen LogP contribution in [-0.4, -0.2) is 16.5 Å². The van der Waals surface area contributed by atoms with Crippen LogP contribution in [0.4, 0.5) is 4.39 Å². The maximum absolute atomic E-state index is 12.8. The molecule has 0 unspecified atom stereocenters. The maximum atomic E-state index is 12.8. The molecule has 88 valence electrons. The van der Waals surface area contributed by atoms with Crippen LogP contribution < -0.4 is 5.32 Å². The summed E-state index contributed by atoms with van der Waals surface area (Å²) in [4.78, 5) is 8.60. The van der Waals surface area contributed by atoms with Gasteiger partial charge in [0.05, 0.1) is 5.69 Å². The van der Waals surface area contributed by atoms with Crippen molar-refractivity contribution in [2.75, 3.05) is 6.54 Å². The minimum Gasteiger partial charge on any atom is -0.311 e. The Morgan fingerprint density at radius 2 is 1.94 bits per heavy atom. The molecule has 4 heteroatoms. The zero-order valence-electron chi connectivity index (χ0n) is 9.65. The fourth-order valence-corrected chi connectivity index (χ4v) is 1.49. The molecule has 0 amide bonds. The van der Waals surface area contributed by atoms with Gasteiger partial charge in [0.25, 0.3) is 0 Å². The van der Waals surface area contributed by atoms with Crippen molar-refractivity contribution in [1.29, 1.82) is 0 Å². The highest BCUT2D eigenvalue weighted by atomic mass is 19.1. The van der Waals surface area contributed by atoms with Crippen LogP contribution in [0.15, 0.2) is 36.5 Å². The topological polar surface area (TPSA) is 37.8 Å². The van der Waals surface area contributed by atoms with Gasteiger partial charge in [-0.25, -0.2) is 14.4 Å². The number of hydrogen-bond acceptors (Lipinski definition) is 3. The van der Waals surface area contributed by atoms with E-state index in [1.807, 2.05) is 13.0 Å². The molecule has 1 aromatic carbocycles. The summed E-state index contributed by atoms with van der Waals surface area (Å²) in [5.41, 5.74) is 1.76. The lowest BCUT2D eigenvalue weighted by molar-refractivity contribution is 0.628. The van der Waals surface area contributed by atoms with Crippen LogP contribution in [0.2, 0.25) is 0 Å². The van der Waals surface area contributed by atoms with E-state index in [0.29, 0.717) is 12.4 Å². The van der Waals surface area contributed by atoms with E-state index in [-0.39, 0.29) is 5.82 Å². The first-order valence-corrected chi connectivity index (χ1v) is 5.58. The molecule has 1 heterocycles. The van der Waals surface area contributed by atoms with Crippen molar-refractivity contribution in [2.24, 2.45) is 0 Å². The molecule has 0 aliphatic rings. The van der Waals surface area contributed by atoms with E-state index in [4.69, 9.17) is 0 Å². The summed E-state index contributed by atoms with van der Waals surface area (Å²) in [6, 6.07) is 8.06. The van der Waals surface area contributed by atoms with Gasteiger partial charge >= 0.3 is 0 Å². The predicted molar refractivity (Wildman–Crippen MR) is 64.8 cm³/mol. The molecule has 0 saturated carbocycles. The zero-order chi connectivity index (χ0) is 12.1. The molecule has 3 nitrogen and oxygen atoms in total. The standard InChI is InChI=1S/C13H14FN3/c1-2-15-9-12-7-8-16-13(17-12)10-3-5-11(14)6-4-10/h3-8,15H,2,9H2,1H3. The van der Waals surface area contributed by atoms with Crippen LogP contribution in [0.5, 0.6) is 0 Å². The average molecular weight is 231 g/mol. The number of hydrogen-bond donors (Lipinski definition) is 1. The molecule has 0 aliphatic heterocycles. The van der Waals surface area contributed by atoms with Crippen LogP contribution >= 0.6 is 0 Å². The van der Waals surface area contributed by atoms with Gasteiger partial charge in [0, 0.05) is 18.3 Å². The first kappa shape index (κ1) is 11.7. The predicted octanol–water partition coefficient (Wildman–Crippen LogP) is 2.39. The van der Waals surface area contributed by atoms with Gasteiger partial charge in [-0.1, -0.05) is 6.92 Å². The fraction of sp³-hybridized carbons (Fsp3) is 0.231. The van der Waals surface area contributed by atoms with Gasteiger partial charge in [-0.05, 0) is 36.9 Å². The van der Waals surface area contributed by atoms with Gasteiger partial charge in [0.15, 0.2) is 5.82 Å². The lowest BCUT2D eigenvalue weighted by Crippen LogP contribution is -2.13. The lowest BCUT2D eigenvalue weighted by atomic mass is 10.2. The van der Waals surface area contributed by atoms with E-state index in [0.717, 1.165) is 17.8 Å². The SMILES string of the molecule is CCNCc1ccnc(-c2ccc(F)cc2)n1. The number of nitrogens with one attached hydrogen (secondary N) is 1. The van der Waals surface area contributed by atoms with E-state index < -0.39 is 0 Å². The van der Waals surface area contributed by atoms with Gasteiger partial charge < -0.3 is 5.32 Å². The molecule has 2 rings (SSSR count). The van der Waals surface area contributed by atoms with Crippen LogP contribution in [0.1, 0.15) is 12.6 Å². The van der Waals surface area contributed by atoms with Crippen molar-refractivity contribution in [3.8, 4) is 11.4 Å². The Kier molecular flexibility index (Phi) is 3.77. The average Bonchev–Trinajstić information content (AvgIpc) is 2.37. The summed E-state index contributed by atoms with van der Waals surface area (Å²) in [5, 5.41) is 3.20. The normalized spacial score (nSPS) is 10.5. The monoisotopic (exact) mass is 231 g/mol. The number of rotatable bonds is 4. The Bertz CT molecular complexity index is 482. The van der Waals surface area contributed by atoms with Crippen molar-refractivity contribution in [3.63, 3.8) is 0 Å². The number of aromatic nitrogens is 2. The molecular formula is C13H14FN3. The van der Waals surface area contributed by atoms with Gasteiger partial charge in [0.2, 0.25) is 0 Å². The first-order valence-electron chi connectivity index (χ1n) is 5.58. The van der Waals surface area contributed by atoms with Crippen molar-refractivity contribution in [2.45, 2.75) is 13.5 Å². The van der Waals surface area contributed by atoms with Crippen LogP contribution in [0.25, 0.3) is 11.4 Å². The maximum Gasteiger partial charge on any atom is 0.159 e. The zero-order valence-corrected chi connectivity index (χ0v) is 9.65. The van der Waals surface area contributed by atoms with Gasteiger partial charge in [-0.2, -0.15) is 0 Å². The van der Waals surface area contributed by atoms with Gasteiger partial charge in [-0.3, -0.25) is 0 Å². The largest absolute Gasteiger partial charge is 0.311 e. The third-order valence-corrected chi connectivity index (χ3v) is 2.37. The third kappa shape index (κ3) is 3.07. The summed E-state index contributed by atoms with van der Waals surface area (Å²) in [7, 11) is 0. The van der Waals surface area contributed by atoms with Crippen molar-refractivity contribution in [1.82, 2.24) is 15.3 Å². The van der Waals surface area contributed by atoms with E-state index in [2.05, 4.69) is 15.3 Å². The van der Waals surface area contributed by atoms with Crippen molar-refractivity contribution < 1.29 is 4.39 Å². The highest BCUT2D eigenvalue weighted by molar-refractivity contribution is 5.54. The Balaban J connectivity index is 2.23. The molecule has 0 spiro atoms. The second-order valence-corrected chi connectivity index (χ2v) is 3.66. The molecule has 0 aliphatic carbocycles. The minimum absolute atomic E-state index is 0.252. The summed E-state index contributed by atoms with van der Waals surface area (Å²) >= 11 is 0. The molecular weight excluding hydrogens is 217 g/mol. The first-order chi connectivity index (χ1) is 8.29. The minimum atomic E-state index is -0.252. The Labute approximate surface area is 99.7 Å². The smallest absolute Gasteiger partial charge is 0.159 e. The molecule has 17 heavy (non-hydrogen) atoms. The quantitative estimate of drug-likeness (QED) is 0.878. The van der Waals surface area contributed by atoms with E-state index in [9.17, 15) is 4.39 Å². The molecule has 0 radical (unpaired) electrons. The molecule has 1 aromatic heterocycles.